The Morgan fingerprint density at radius 3 is 2.74 bits per heavy atom. The molecule has 1 aromatic carbocycles. The monoisotopic (exact) mass is 452 g/mol. The molecule has 0 radical (unpaired) electrons. The summed E-state index contributed by atoms with van der Waals surface area (Å²) in [6.45, 7) is 5.29. The van der Waals surface area contributed by atoms with Crippen LogP contribution < -0.4 is 10.2 Å². The molecule has 2 aliphatic rings. The third-order valence-corrected chi connectivity index (χ3v) is 7.64. The fraction of sp³-hybridized carbons (Fsp3) is 0.333. The Kier molecular flexibility index (Phi) is 5.05. The van der Waals surface area contributed by atoms with E-state index in [1.54, 1.807) is 12.5 Å². The molecule has 7 heteroatoms. The van der Waals surface area contributed by atoms with E-state index in [1.165, 1.54) is 0 Å². The summed E-state index contributed by atoms with van der Waals surface area (Å²) in [4.78, 5) is 32.1. The van der Waals surface area contributed by atoms with E-state index in [2.05, 4.69) is 38.2 Å². The minimum atomic E-state index is -0.132. The second-order valence-corrected chi connectivity index (χ2v) is 9.46. The Morgan fingerprint density at radius 2 is 1.97 bits per heavy atom. The highest BCUT2D eigenvalue weighted by Gasteiger charge is 2.56. The maximum absolute atomic E-state index is 12.7. The molecule has 1 aliphatic carbocycles. The highest BCUT2D eigenvalue weighted by Crippen LogP contribution is 2.57. The number of H-pyrrole nitrogens is 1. The van der Waals surface area contributed by atoms with E-state index in [9.17, 15) is 4.79 Å². The van der Waals surface area contributed by atoms with Crippen molar-refractivity contribution in [1.82, 2.24) is 19.9 Å². The van der Waals surface area contributed by atoms with Gasteiger partial charge in [0.05, 0.1) is 10.9 Å². The lowest BCUT2D eigenvalue weighted by molar-refractivity contribution is 0.102. The Morgan fingerprint density at radius 1 is 1.12 bits per heavy atom. The number of carbonyl (C=O) groups is 1. The number of nitrogens with zero attached hydrogens (tertiary/aromatic N) is 4. The van der Waals surface area contributed by atoms with Gasteiger partial charge in [-0.15, -0.1) is 0 Å². The number of benzene rings is 1. The average molecular weight is 453 g/mol. The predicted molar refractivity (Wildman–Crippen MR) is 133 cm³/mol. The number of anilines is 2. The fourth-order valence-corrected chi connectivity index (χ4v) is 6.01. The van der Waals surface area contributed by atoms with Gasteiger partial charge in [-0.25, -0.2) is 9.97 Å². The molecule has 2 fully saturated rings. The van der Waals surface area contributed by atoms with Gasteiger partial charge in [-0.1, -0.05) is 31.0 Å². The molecule has 172 valence electrons. The third kappa shape index (κ3) is 3.34. The summed E-state index contributed by atoms with van der Waals surface area (Å²) in [6.07, 6.45) is 7.51. The Labute approximate surface area is 198 Å². The summed E-state index contributed by atoms with van der Waals surface area (Å²) >= 11 is 0. The van der Waals surface area contributed by atoms with Crippen LogP contribution in [-0.4, -0.2) is 38.4 Å². The number of pyridine rings is 1. The molecular weight excluding hydrogens is 424 g/mol. The minimum absolute atomic E-state index is 0.132. The molecule has 2 N–H and O–H groups in total. The van der Waals surface area contributed by atoms with Gasteiger partial charge >= 0.3 is 0 Å². The standard InChI is InChI=1S/C27H28N6O/c1-3-19-23(20-11-13-33(24(19)20)26-21-10-12-28-25(21)30-15-31-26)22-9-6-17(14-29-22)27(34)32-18-7-4-16(2)5-8-18/h4-10,12,14-15,19-20,23-24H,3,11,13H2,1-2H3,(H,32,34)(H,28,30,31)/t19?,20-,23?,24?/m0/s1. The average Bonchev–Trinajstić information content (AvgIpc) is 3.47. The van der Waals surface area contributed by atoms with Crippen LogP contribution in [0.4, 0.5) is 11.5 Å². The van der Waals surface area contributed by atoms with Crippen molar-refractivity contribution < 1.29 is 4.79 Å². The van der Waals surface area contributed by atoms with Gasteiger partial charge in [0.25, 0.3) is 5.91 Å². The van der Waals surface area contributed by atoms with Gasteiger partial charge in [0, 0.05) is 42.3 Å². The number of aryl methyl sites for hydroxylation is 1. The van der Waals surface area contributed by atoms with Crippen LogP contribution >= 0.6 is 0 Å². The summed E-state index contributed by atoms with van der Waals surface area (Å²) in [7, 11) is 0. The topological polar surface area (TPSA) is 86.8 Å². The molecule has 1 amide bonds. The van der Waals surface area contributed by atoms with Crippen LogP contribution in [0.25, 0.3) is 11.0 Å². The second kappa shape index (κ2) is 8.24. The van der Waals surface area contributed by atoms with Crippen LogP contribution in [0, 0.1) is 18.8 Å². The number of nitrogens with one attached hydrogen (secondary N) is 2. The smallest absolute Gasteiger partial charge is 0.257 e. The first-order valence-corrected chi connectivity index (χ1v) is 12.0. The van der Waals surface area contributed by atoms with Gasteiger partial charge in [-0.05, 0) is 55.5 Å². The number of aromatic nitrogens is 4. The van der Waals surface area contributed by atoms with Gasteiger partial charge < -0.3 is 15.2 Å². The van der Waals surface area contributed by atoms with E-state index >= 15 is 0 Å². The highest BCUT2D eigenvalue weighted by molar-refractivity contribution is 6.04. The zero-order chi connectivity index (χ0) is 23.2. The van der Waals surface area contributed by atoms with Gasteiger partial charge in [0.2, 0.25) is 0 Å². The maximum Gasteiger partial charge on any atom is 0.257 e. The zero-order valence-electron chi connectivity index (χ0n) is 19.4. The zero-order valence-corrected chi connectivity index (χ0v) is 19.4. The van der Waals surface area contributed by atoms with Crippen molar-refractivity contribution in [2.45, 2.75) is 38.6 Å². The molecule has 7 nitrogen and oxygen atoms in total. The number of carbonyl (C=O) groups excluding carboxylic acids is 1. The van der Waals surface area contributed by atoms with E-state index in [0.29, 0.717) is 29.4 Å². The van der Waals surface area contributed by atoms with Crippen LogP contribution in [0.1, 0.15) is 47.3 Å². The van der Waals surface area contributed by atoms with Gasteiger partial charge in [-0.2, -0.15) is 0 Å². The van der Waals surface area contributed by atoms with Crippen molar-refractivity contribution >= 4 is 28.4 Å². The molecule has 0 spiro atoms. The van der Waals surface area contributed by atoms with Gasteiger partial charge in [0.15, 0.2) is 0 Å². The molecule has 0 bridgehead atoms. The van der Waals surface area contributed by atoms with E-state index in [-0.39, 0.29) is 5.91 Å². The molecule has 1 saturated heterocycles. The molecule has 6 rings (SSSR count). The third-order valence-electron chi connectivity index (χ3n) is 7.64. The number of aromatic amines is 1. The van der Waals surface area contributed by atoms with Crippen molar-refractivity contribution in [3.63, 3.8) is 0 Å². The van der Waals surface area contributed by atoms with E-state index in [1.807, 2.05) is 49.5 Å². The second-order valence-electron chi connectivity index (χ2n) is 9.46. The lowest BCUT2D eigenvalue weighted by Crippen LogP contribution is -2.53. The summed E-state index contributed by atoms with van der Waals surface area (Å²) in [5.41, 5.74) is 4.52. The first-order valence-electron chi connectivity index (χ1n) is 12.0. The normalized spacial score (nSPS) is 23.5. The van der Waals surface area contributed by atoms with Crippen molar-refractivity contribution in [3.05, 3.63) is 78.0 Å². The summed E-state index contributed by atoms with van der Waals surface area (Å²) < 4.78 is 0. The van der Waals surface area contributed by atoms with Crippen LogP contribution in [0.3, 0.4) is 0 Å². The number of hydrogen-bond donors (Lipinski definition) is 2. The molecule has 4 atom stereocenters. The number of fused-ring (bicyclic) bond motifs is 2. The highest BCUT2D eigenvalue weighted by atomic mass is 16.1. The summed E-state index contributed by atoms with van der Waals surface area (Å²) in [6, 6.07) is 14.3. The van der Waals surface area contributed by atoms with Crippen molar-refractivity contribution in [2.75, 3.05) is 16.8 Å². The van der Waals surface area contributed by atoms with Gasteiger partial charge in [-0.3, -0.25) is 9.78 Å². The molecule has 3 unspecified atom stereocenters. The molecule has 4 aromatic rings. The first kappa shape index (κ1) is 20.8. The van der Waals surface area contributed by atoms with E-state index in [4.69, 9.17) is 4.98 Å². The predicted octanol–water partition coefficient (Wildman–Crippen LogP) is 4.93. The van der Waals surface area contributed by atoms with Crippen molar-refractivity contribution in [1.29, 1.82) is 0 Å². The Bertz CT molecular complexity index is 1330. The SMILES string of the molecule is CCC1C(c2ccc(C(=O)Nc3ccc(C)cc3)cn2)[C@@H]2CCN(c3ncnc4[nH]ccc34)C12. The fourth-order valence-electron chi connectivity index (χ4n) is 6.01. The largest absolute Gasteiger partial charge is 0.352 e. The van der Waals surface area contributed by atoms with E-state index in [0.717, 1.165) is 53.2 Å². The minimum Gasteiger partial charge on any atom is -0.352 e. The summed E-state index contributed by atoms with van der Waals surface area (Å²) in [5.74, 6) is 2.38. The first-order chi connectivity index (χ1) is 16.6. The Hall–Kier alpha value is -3.74. The van der Waals surface area contributed by atoms with Crippen molar-refractivity contribution in [3.8, 4) is 0 Å². The molecule has 1 saturated carbocycles. The Balaban J connectivity index is 1.20. The van der Waals surface area contributed by atoms with Crippen LogP contribution in [0.2, 0.25) is 0 Å². The number of hydrogen-bond acceptors (Lipinski definition) is 5. The maximum atomic E-state index is 12.7. The molecule has 3 aromatic heterocycles. The molecule has 34 heavy (non-hydrogen) atoms. The number of amides is 1. The van der Waals surface area contributed by atoms with Crippen molar-refractivity contribution in [2.24, 2.45) is 11.8 Å². The van der Waals surface area contributed by atoms with Crippen LogP contribution in [0.15, 0.2) is 61.2 Å². The van der Waals surface area contributed by atoms with Crippen LogP contribution in [-0.2, 0) is 0 Å². The van der Waals surface area contributed by atoms with E-state index < -0.39 is 0 Å². The molecule has 1 aliphatic heterocycles. The molecule has 4 heterocycles. The van der Waals surface area contributed by atoms with Gasteiger partial charge in [0.1, 0.15) is 17.8 Å². The van der Waals surface area contributed by atoms with Crippen LogP contribution in [0.5, 0.6) is 0 Å². The molecular formula is C27H28N6O. The summed E-state index contributed by atoms with van der Waals surface area (Å²) in [5, 5.41) is 4.04. The lowest BCUT2D eigenvalue weighted by atomic mass is 9.58. The quantitative estimate of drug-likeness (QED) is 0.448. The number of rotatable bonds is 5. The lowest BCUT2D eigenvalue weighted by Gasteiger charge is -2.51.